The summed E-state index contributed by atoms with van der Waals surface area (Å²) in [5, 5.41) is 5.55. The lowest BCUT2D eigenvalue weighted by atomic mass is 10.2. The second kappa shape index (κ2) is 7.18. The van der Waals surface area contributed by atoms with Crippen LogP contribution in [0.2, 0.25) is 0 Å². The maximum absolute atomic E-state index is 13.4. The molecule has 112 valence electrons. The summed E-state index contributed by atoms with van der Waals surface area (Å²) in [7, 11) is -1.56. The maximum Gasteiger partial charge on any atom is 0.191 e. The first kappa shape index (κ1) is 16.4. The molecule has 0 aliphatic carbocycles. The summed E-state index contributed by atoms with van der Waals surface area (Å²) in [6.07, 6.45) is 1.13. The van der Waals surface area contributed by atoms with E-state index in [1.165, 1.54) is 7.05 Å². The minimum Gasteiger partial charge on any atom is -0.355 e. The van der Waals surface area contributed by atoms with Crippen molar-refractivity contribution in [2.24, 2.45) is 4.99 Å². The number of sulfone groups is 1. The number of benzene rings is 1. The highest BCUT2D eigenvalue weighted by molar-refractivity contribution is 7.90. The zero-order chi connectivity index (χ0) is 15.2. The van der Waals surface area contributed by atoms with Crippen LogP contribution < -0.4 is 10.6 Å². The van der Waals surface area contributed by atoms with E-state index in [0.717, 1.165) is 24.5 Å². The summed E-state index contributed by atoms with van der Waals surface area (Å²) in [6.45, 7) is 0.228. The molecule has 1 aromatic carbocycles. The molecule has 0 amide bonds. The molecule has 2 N–H and O–H groups in total. The van der Waals surface area contributed by atoms with Crippen LogP contribution in [0.25, 0.3) is 0 Å². The number of rotatable bonds is 5. The van der Waals surface area contributed by atoms with Gasteiger partial charge in [-0.05, 0) is 18.2 Å². The van der Waals surface area contributed by atoms with Crippen molar-refractivity contribution < 1.29 is 17.2 Å². The standard InChI is InChI=1S/C12H17F2N3O2S/c1-15-12(16-5-6-20(2,18)19)17-8-9-7-10(13)3-4-11(9)14/h3-4,7H,5-6,8H2,1-2H3,(H2,15,16,17). The predicted octanol–water partition coefficient (Wildman–Crippen LogP) is 0.674. The normalized spacial score (nSPS) is 12.3. The van der Waals surface area contributed by atoms with Crippen LogP contribution in [0.1, 0.15) is 5.56 Å². The Bertz CT molecular complexity index is 588. The zero-order valence-corrected chi connectivity index (χ0v) is 12.1. The number of nitrogens with zero attached hydrogens (tertiary/aromatic N) is 1. The van der Waals surface area contributed by atoms with E-state index in [1.54, 1.807) is 0 Å². The van der Waals surface area contributed by atoms with Crippen LogP contribution in [0.4, 0.5) is 8.78 Å². The van der Waals surface area contributed by atoms with Crippen LogP contribution >= 0.6 is 0 Å². The molecule has 0 radical (unpaired) electrons. The van der Waals surface area contributed by atoms with E-state index in [-0.39, 0.29) is 24.4 Å². The molecular formula is C12H17F2N3O2S. The fourth-order valence-corrected chi connectivity index (χ4v) is 1.91. The Balaban J connectivity index is 2.52. The summed E-state index contributed by atoms with van der Waals surface area (Å²) >= 11 is 0. The van der Waals surface area contributed by atoms with Crippen LogP contribution in [-0.2, 0) is 16.4 Å². The molecule has 0 aliphatic rings. The molecule has 0 saturated carbocycles. The summed E-state index contributed by atoms with van der Waals surface area (Å²) in [5.74, 6) is -0.770. The molecule has 0 spiro atoms. The van der Waals surface area contributed by atoms with Gasteiger partial charge in [0.05, 0.1) is 5.75 Å². The van der Waals surface area contributed by atoms with Crippen LogP contribution in [-0.4, -0.2) is 40.0 Å². The SMILES string of the molecule is CN=C(NCCS(C)(=O)=O)NCc1cc(F)ccc1F. The Morgan fingerprint density at radius 1 is 1.30 bits per heavy atom. The highest BCUT2D eigenvalue weighted by Gasteiger charge is 2.06. The zero-order valence-electron chi connectivity index (χ0n) is 11.3. The van der Waals surface area contributed by atoms with Crippen molar-refractivity contribution in [2.75, 3.05) is 25.6 Å². The van der Waals surface area contributed by atoms with Crippen molar-refractivity contribution in [1.29, 1.82) is 0 Å². The van der Waals surface area contributed by atoms with E-state index in [2.05, 4.69) is 15.6 Å². The van der Waals surface area contributed by atoms with Gasteiger partial charge in [0.2, 0.25) is 0 Å². The third-order valence-electron chi connectivity index (χ3n) is 2.44. The third kappa shape index (κ3) is 5.96. The second-order valence-corrected chi connectivity index (χ2v) is 6.48. The first-order valence-electron chi connectivity index (χ1n) is 5.88. The van der Waals surface area contributed by atoms with Crippen LogP contribution in [0, 0.1) is 11.6 Å². The number of aliphatic imine (C=N–C) groups is 1. The quantitative estimate of drug-likeness (QED) is 0.620. The van der Waals surface area contributed by atoms with Gasteiger partial charge in [-0.2, -0.15) is 0 Å². The van der Waals surface area contributed by atoms with E-state index in [4.69, 9.17) is 0 Å². The molecule has 0 aromatic heterocycles. The van der Waals surface area contributed by atoms with Crippen molar-refractivity contribution in [3.63, 3.8) is 0 Å². The van der Waals surface area contributed by atoms with Crippen molar-refractivity contribution in [2.45, 2.75) is 6.54 Å². The maximum atomic E-state index is 13.4. The summed E-state index contributed by atoms with van der Waals surface area (Å²) in [5.41, 5.74) is 0.163. The van der Waals surface area contributed by atoms with Crippen LogP contribution in [0.5, 0.6) is 0 Å². The summed E-state index contributed by atoms with van der Waals surface area (Å²) in [4.78, 5) is 3.86. The minimum absolute atomic E-state index is 0.0397. The minimum atomic E-state index is -3.06. The molecule has 0 heterocycles. The molecule has 1 aromatic rings. The van der Waals surface area contributed by atoms with Crippen molar-refractivity contribution in [1.82, 2.24) is 10.6 Å². The average Bonchev–Trinajstić information content (AvgIpc) is 2.36. The van der Waals surface area contributed by atoms with Crippen molar-refractivity contribution in [3.8, 4) is 0 Å². The number of hydrogen-bond donors (Lipinski definition) is 2. The van der Waals surface area contributed by atoms with Gasteiger partial charge in [-0.1, -0.05) is 0 Å². The monoisotopic (exact) mass is 305 g/mol. The highest BCUT2D eigenvalue weighted by atomic mass is 32.2. The molecule has 8 heteroatoms. The number of hydrogen-bond acceptors (Lipinski definition) is 3. The summed E-state index contributed by atoms with van der Waals surface area (Å²) in [6, 6.07) is 3.18. The first-order valence-corrected chi connectivity index (χ1v) is 7.94. The van der Waals surface area contributed by atoms with Crippen LogP contribution in [0.3, 0.4) is 0 Å². The van der Waals surface area contributed by atoms with Gasteiger partial charge < -0.3 is 10.6 Å². The van der Waals surface area contributed by atoms with Gasteiger partial charge in [0.25, 0.3) is 0 Å². The molecule has 5 nitrogen and oxygen atoms in total. The van der Waals surface area contributed by atoms with Gasteiger partial charge in [0, 0.05) is 32.0 Å². The number of nitrogens with one attached hydrogen (secondary N) is 2. The lowest BCUT2D eigenvalue weighted by Gasteiger charge is -2.12. The lowest BCUT2D eigenvalue weighted by molar-refractivity contribution is 0.581. The largest absolute Gasteiger partial charge is 0.355 e. The fourth-order valence-electron chi connectivity index (χ4n) is 1.43. The van der Waals surface area contributed by atoms with Gasteiger partial charge in [-0.3, -0.25) is 4.99 Å². The Morgan fingerprint density at radius 2 is 2.00 bits per heavy atom. The van der Waals surface area contributed by atoms with Crippen LogP contribution in [0.15, 0.2) is 23.2 Å². The molecule has 0 unspecified atom stereocenters. The Labute approximate surface area is 117 Å². The highest BCUT2D eigenvalue weighted by Crippen LogP contribution is 2.08. The van der Waals surface area contributed by atoms with E-state index in [9.17, 15) is 17.2 Å². The van der Waals surface area contributed by atoms with Gasteiger partial charge in [-0.25, -0.2) is 17.2 Å². The number of halogens is 2. The molecule has 0 fully saturated rings. The van der Waals surface area contributed by atoms with E-state index in [1.807, 2.05) is 0 Å². The van der Waals surface area contributed by atoms with E-state index in [0.29, 0.717) is 5.96 Å². The second-order valence-electron chi connectivity index (χ2n) is 4.22. The smallest absolute Gasteiger partial charge is 0.191 e. The Hall–Kier alpha value is -1.70. The topological polar surface area (TPSA) is 70.6 Å². The van der Waals surface area contributed by atoms with E-state index < -0.39 is 21.5 Å². The third-order valence-corrected chi connectivity index (χ3v) is 3.39. The Morgan fingerprint density at radius 3 is 2.60 bits per heavy atom. The first-order chi connectivity index (χ1) is 9.31. The van der Waals surface area contributed by atoms with E-state index >= 15 is 0 Å². The average molecular weight is 305 g/mol. The molecule has 20 heavy (non-hydrogen) atoms. The van der Waals surface area contributed by atoms with Crippen molar-refractivity contribution in [3.05, 3.63) is 35.4 Å². The summed E-state index contributed by atoms with van der Waals surface area (Å²) < 4.78 is 48.3. The van der Waals surface area contributed by atoms with Gasteiger partial charge in [0.1, 0.15) is 21.5 Å². The molecule has 0 aliphatic heterocycles. The van der Waals surface area contributed by atoms with Gasteiger partial charge in [-0.15, -0.1) is 0 Å². The predicted molar refractivity (Wildman–Crippen MR) is 74.3 cm³/mol. The molecule has 0 saturated heterocycles. The molecule has 0 bridgehead atoms. The van der Waals surface area contributed by atoms with Crippen molar-refractivity contribution >= 4 is 15.8 Å². The van der Waals surface area contributed by atoms with Gasteiger partial charge >= 0.3 is 0 Å². The Kier molecular flexibility index (Phi) is 5.87. The molecular weight excluding hydrogens is 288 g/mol. The molecule has 0 atom stereocenters. The number of guanidine groups is 1. The molecule has 1 rings (SSSR count). The van der Waals surface area contributed by atoms with Gasteiger partial charge in [0.15, 0.2) is 5.96 Å². The fraction of sp³-hybridized carbons (Fsp3) is 0.417. The lowest BCUT2D eigenvalue weighted by Crippen LogP contribution is -2.39.